The molecule has 0 bridgehead atoms. The topological polar surface area (TPSA) is 104 Å². The molecule has 2 N–H and O–H groups in total. The molecule has 1 unspecified atom stereocenters. The van der Waals surface area contributed by atoms with Crippen LogP contribution in [0.25, 0.3) is 22.1 Å². The Bertz CT molecular complexity index is 1520. The van der Waals surface area contributed by atoms with Crippen molar-refractivity contribution >= 4 is 28.0 Å². The number of likely N-dealkylation sites (N-methyl/N-ethyl adjacent to an activating group) is 1. The molecule has 1 atom stereocenters. The maximum atomic E-state index is 13.6. The van der Waals surface area contributed by atoms with E-state index in [1.807, 2.05) is 55.3 Å². The van der Waals surface area contributed by atoms with Crippen molar-refractivity contribution in [2.45, 2.75) is 33.0 Å². The standard InChI is InChI=1S/C24H27N7O2/c1-5-6-13-30-20-21(27-23(30)28(3)14-16(2)25)29(4)24(33)31(22(20)32)15-18-12-11-17-9-7-8-10-19(17)26-18/h7-12,16H,13-15,25H2,1-4H3. The van der Waals surface area contributed by atoms with E-state index in [2.05, 4.69) is 21.8 Å². The summed E-state index contributed by atoms with van der Waals surface area (Å²) in [6.07, 6.45) is 0. The van der Waals surface area contributed by atoms with E-state index < -0.39 is 11.2 Å². The smallest absolute Gasteiger partial charge is 0.332 e. The second-order valence-corrected chi connectivity index (χ2v) is 8.18. The summed E-state index contributed by atoms with van der Waals surface area (Å²) in [7, 11) is 3.47. The summed E-state index contributed by atoms with van der Waals surface area (Å²) in [6, 6.07) is 11.4. The van der Waals surface area contributed by atoms with Gasteiger partial charge in [0.25, 0.3) is 5.56 Å². The van der Waals surface area contributed by atoms with E-state index in [9.17, 15) is 9.59 Å². The number of benzene rings is 1. The lowest BCUT2D eigenvalue weighted by molar-refractivity contribution is 0.645. The lowest BCUT2D eigenvalue weighted by atomic mass is 10.2. The van der Waals surface area contributed by atoms with Crippen molar-refractivity contribution < 1.29 is 0 Å². The number of pyridine rings is 1. The number of anilines is 1. The number of hydrogen-bond donors (Lipinski definition) is 1. The predicted octanol–water partition coefficient (Wildman–Crippen LogP) is 1.30. The summed E-state index contributed by atoms with van der Waals surface area (Å²) in [5.41, 5.74) is 7.18. The first kappa shape index (κ1) is 22.3. The fourth-order valence-electron chi connectivity index (χ4n) is 3.97. The van der Waals surface area contributed by atoms with Gasteiger partial charge in [-0.25, -0.2) is 4.79 Å². The highest BCUT2D eigenvalue weighted by atomic mass is 16.2. The Labute approximate surface area is 191 Å². The van der Waals surface area contributed by atoms with Crippen molar-refractivity contribution in [1.29, 1.82) is 0 Å². The van der Waals surface area contributed by atoms with Gasteiger partial charge in [-0.05, 0) is 26.0 Å². The van der Waals surface area contributed by atoms with Crippen LogP contribution in [0, 0.1) is 11.8 Å². The first-order chi connectivity index (χ1) is 15.8. The highest BCUT2D eigenvalue weighted by molar-refractivity contribution is 5.78. The number of rotatable bonds is 6. The Balaban J connectivity index is 1.91. The number of nitrogens with zero attached hydrogens (tertiary/aromatic N) is 6. The molecule has 0 radical (unpaired) electrons. The predicted molar refractivity (Wildman–Crippen MR) is 130 cm³/mol. The molecule has 3 heterocycles. The number of aromatic nitrogens is 5. The molecule has 0 amide bonds. The monoisotopic (exact) mass is 445 g/mol. The van der Waals surface area contributed by atoms with Crippen molar-refractivity contribution in [3.05, 3.63) is 62.9 Å². The molecular formula is C24H27N7O2. The molecule has 0 aliphatic heterocycles. The third-order valence-electron chi connectivity index (χ3n) is 5.51. The number of imidazole rings is 1. The van der Waals surface area contributed by atoms with Crippen LogP contribution >= 0.6 is 0 Å². The number of aryl methyl sites for hydroxylation is 1. The van der Waals surface area contributed by atoms with E-state index in [1.54, 1.807) is 18.5 Å². The lowest BCUT2D eigenvalue weighted by Gasteiger charge is -2.20. The van der Waals surface area contributed by atoms with Gasteiger partial charge in [0.05, 0.1) is 24.3 Å². The molecule has 3 aromatic heterocycles. The number of fused-ring (bicyclic) bond motifs is 2. The zero-order chi connectivity index (χ0) is 23.7. The van der Waals surface area contributed by atoms with Crippen molar-refractivity contribution in [2.75, 3.05) is 18.5 Å². The Morgan fingerprint density at radius 1 is 1.12 bits per heavy atom. The fourth-order valence-corrected chi connectivity index (χ4v) is 3.97. The molecule has 9 nitrogen and oxygen atoms in total. The molecule has 0 aliphatic carbocycles. The van der Waals surface area contributed by atoms with Gasteiger partial charge in [0, 0.05) is 32.1 Å². The van der Waals surface area contributed by atoms with Crippen LogP contribution in [0.15, 0.2) is 46.0 Å². The van der Waals surface area contributed by atoms with Gasteiger partial charge in [0.2, 0.25) is 5.95 Å². The number of nitrogens with two attached hydrogens (primary N) is 1. The minimum Gasteiger partial charge on any atom is -0.344 e. The van der Waals surface area contributed by atoms with Gasteiger partial charge >= 0.3 is 5.69 Å². The van der Waals surface area contributed by atoms with E-state index in [0.717, 1.165) is 10.9 Å². The molecule has 170 valence electrons. The van der Waals surface area contributed by atoms with Crippen LogP contribution in [0.3, 0.4) is 0 Å². The van der Waals surface area contributed by atoms with Crippen molar-refractivity contribution in [2.24, 2.45) is 12.8 Å². The molecule has 0 saturated heterocycles. The van der Waals surface area contributed by atoms with Crippen molar-refractivity contribution in [3.63, 3.8) is 0 Å². The maximum absolute atomic E-state index is 13.6. The molecule has 1 aromatic carbocycles. The van der Waals surface area contributed by atoms with Gasteiger partial charge in [-0.1, -0.05) is 30.2 Å². The molecule has 4 aromatic rings. The summed E-state index contributed by atoms with van der Waals surface area (Å²) in [5, 5.41) is 0.995. The largest absolute Gasteiger partial charge is 0.344 e. The molecule has 0 fully saturated rings. The van der Waals surface area contributed by atoms with Crippen LogP contribution in [0.4, 0.5) is 5.95 Å². The lowest BCUT2D eigenvalue weighted by Crippen LogP contribution is -2.40. The van der Waals surface area contributed by atoms with Crippen LogP contribution in [0.2, 0.25) is 0 Å². The Hall–Kier alpha value is -3.90. The summed E-state index contributed by atoms with van der Waals surface area (Å²) in [4.78, 5) is 37.9. The van der Waals surface area contributed by atoms with Crippen molar-refractivity contribution in [3.8, 4) is 11.8 Å². The average molecular weight is 446 g/mol. The average Bonchev–Trinajstić information content (AvgIpc) is 3.18. The third-order valence-corrected chi connectivity index (χ3v) is 5.51. The summed E-state index contributed by atoms with van der Waals surface area (Å²) < 4.78 is 4.35. The SMILES string of the molecule is CC#CCn1c(N(C)CC(C)N)nc2c1c(=O)n(Cc1ccc3ccccc3n1)c(=O)n2C. The zero-order valence-electron chi connectivity index (χ0n) is 19.2. The minimum absolute atomic E-state index is 0.0575. The van der Waals surface area contributed by atoms with Crippen LogP contribution in [0.5, 0.6) is 0 Å². The normalized spacial score (nSPS) is 12.0. The summed E-state index contributed by atoms with van der Waals surface area (Å²) >= 11 is 0. The molecule has 33 heavy (non-hydrogen) atoms. The van der Waals surface area contributed by atoms with Gasteiger partial charge in [-0.15, -0.1) is 5.92 Å². The Morgan fingerprint density at radius 3 is 2.61 bits per heavy atom. The fraction of sp³-hybridized carbons (Fsp3) is 0.333. The summed E-state index contributed by atoms with van der Waals surface area (Å²) in [5.74, 6) is 6.41. The van der Waals surface area contributed by atoms with Gasteiger partial charge in [-0.3, -0.25) is 23.5 Å². The second-order valence-electron chi connectivity index (χ2n) is 8.18. The van der Waals surface area contributed by atoms with Gasteiger partial charge in [0.1, 0.15) is 0 Å². The third kappa shape index (κ3) is 4.13. The Morgan fingerprint density at radius 2 is 1.88 bits per heavy atom. The van der Waals surface area contributed by atoms with E-state index >= 15 is 0 Å². The molecule has 9 heteroatoms. The van der Waals surface area contributed by atoms with Gasteiger partial charge < -0.3 is 10.6 Å². The molecular weight excluding hydrogens is 418 g/mol. The quantitative estimate of drug-likeness (QED) is 0.449. The second kappa shape index (κ2) is 8.92. The molecule has 4 rings (SSSR count). The van der Waals surface area contributed by atoms with Gasteiger partial charge in [0.15, 0.2) is 11.2 Å². The Kier molecular flexibility index (Phi) is 6.03. The molecule has 0 aliphatic rings. The number of para-hydroxylation sites is 1. The van der Waals surface area contributed by atoms with Crippen molar-refractivity contribution in [1.82, 2.24) is 23.7 Å². The summed E-state index contributed by atoms with van der Waals surface area (Å²) in [6.45, 7) is 4.50. The minimum atomic E-state index is -0.449. The maximum Gasteiger partial charge on any atom is 0.332 e. The van der Waals surface area contributed by atoms with Crippen LogP contribution in [0.1, 0.15) is 19.5 Å². The van der Waals surface area contributed by atoms with E-state index in [4.69, 9.17) is 5.73 Å². The van der Waals surface area contributed by atoms with Crippen LogP contribution in [-0.2, 0) is 20.1 Å². The van der Waals surface area contributed by atoms with E-state index in [0.29, 0.717) is 29.4 Å². The molecule has 0 saturated carbocycles. The molecule has 0 spiro atoms. The van der Waals surface area contributed by atoms with Crippen LogP contribution < -0.4 is 21.9 Å². The van der Waals surface area contributed by atoms with E-state index in [1.165, 1.54) is 9.13 Å². The number of hydrogen-bond acceptors (Lipinski definition) is 6. The van der Waals surface area contributed by atoms with E-state index in [-0.39, 0.29) is 19.1 Å². The zero-order valence-corrected chi connectivity index (χ0v) is 19.2. The highest BCUT2D eigenvalue weighted by Crippen LogP contribution is 2.19. The first-order valence-electron chi connectivity index (χ1n) is 10.7. The highest BCUT2D eigenvalue weighted by Gasteiger charge is 2.22. The first-order valence-corrected chi connectivity index (χ1v) is 10.7. The van der Waals surface area contributed by atoms with Crippen LogP contribution in [-0.4, -0.2) is 43.3 Å². The van der Waals surface area contributed by atoms with Gasteiger partial charge in [-0.2, -0.15) is 4.98 Å².